The van der Waals surface area contributed by atoms with Gasteiger partial charge >= 0.3 is 0 Å². The van der Waals surface area contributed by atoms with Crippen LogP contribution in [0.25, 0.3) is 10.8 Å². The van der Waals surface area contributed by atoms with Crippen molar-refractivity contribution in [3.8, 4) is 11.5 Å². The van der Waals surface area contributed by atoms with E-state index in [4.69, 9.17) is 10.5 Å². The second-order valence-corrected chi connectivity index (χ2v) is 4.89. The van der Waals surface area contributed by atoms with Crippen molar-refractivity contribution in [3.05, 3.63) is 71.8 Å². The molecule has 0 radical (unpaired) electrons. The zero-order chi connectivity index (χ0) is 13.9. The van der Waals surface area contributed by atoms with Crippen molar-refractivity contribution in [2.45, 2.75) is 13.5 Å². The average Bonchev–Trinajstić information content (AvgIpc) is 2.48. The Morgan fingerprint density at radius 2 is 1.70 bits per heavy atom. The molecule has 0 atom stereocenters. The van der Waals surface area contributed by atoms with E-state index in [9.17, 15) is 0 Å². The summed E-state index contributed by atoms with van der Waals surface area (Å²) in [6, 6.07) is 20.3. The molecule has 0 fully saturated rings. The molecule has 2 N–H and O–H groups in total. The molecule has 0 bridgehead atoms. The Morgan fingerprint density at radius 1 is 0.900 bits per heavy atom. The van der Waals surface area contributed by atoms with Gasteiger partial charge in [0.15, 0.2) is 0 Å². The Hall–Kier alpha value is -2.32. The SMILES string of the molecule is Cc1cccc(Oc2ccc(CN)c3ccccc23)c1. The highest BCUT2D eigenvalue weighted by molar-refractivity contribution is 5.91. The van der Waals surface area contributed by atoms with Gasteiger partial charge in [0.1, 0.15) is 11.5 Å². The molecule has 3 aromatic rings. The highest BCUT2D eigenvalue weighted by Crippen LogP contribution is 2.32. The van der Waals surface area contributed by atoms with E-state index in [1.54, 1.807) is 0 Å². The van der Waals surface area contributed by atoms with Crippen molar-refractivity contribution in [2.75, 3.05) is 0 Å². The maximum Gasteiger partial charge on any atom is 0.135 e. The summed E-state index contributed by atoms with van der Waals surface area (Å²) in [5, 5.41) is 2.25. The van der Waals surface area contributed by atoms with E-state index in [-0.39, 0.29) is 0 Å². The monoisotopic (exact) mass is 263 g/mol. The average molecular weight is 263 g/mol. The molecule has 3 aromatic carbocycles. The van der Waals surface area contributed by atoms with Crippen molar-refractivity contribution in [1.29, 1.82) is 0 Å². The summed E-state index contributed by atoms with van der Waals surface area (Å²) in [6.07, 6.45) is 0. The molecule has 0 amide bonds. The van der Waals surface area contributed by atoms with Crippen molar-refractivity contribution in [2.24, 2.45) is 5.73 Å². The van der Waals surface area contributed by atoms with Gasteiger partial charge < -0.3 is 10.5 Å². The number of rotatable bonds is 3. The zero-order valence-corrected chi connectivity index (χ0v) is 11.5. The largest absolute Gasteiger partial charge is 0.457 e. The van der Waals surface area contributed by atoms with Gasteiger partial charge in [-0.1, -0.05) is 42.5 Å². The summed E-state index contributed by atoms with van der Waals surface area (Å²) in [5.41, 5.74) is 8.12. The van der Waals surface area contributed by atoms with Crippen LogP contribution in [0.3, 0.4) is 0 Å². The van der Waals surface area contributed by atoms with E-state index >= 15 is 0 Å². The van der Waals surface area contributed by atoms with Crippen molar-refractivity contribution < 1.29 is 4.74 Å². The van der Waals surface area contributed by atoms with Crippen LogP contribution in [0.1, 0.15) is 11.1 Å². The molecule has 0 unspecified atom stereocenters. The summed E-state index contributed by atoms with van der Waals surface area (Å²) in [7, 11) is 0. The van der Waals surface area contributed by atoms with E-state index in [1.807, 2.05) is 42.5 Å². The highest BCUT2D eigenvalue weighted by Gasteiger charge is 2.06. The van der Waals surface area contributed by atoms with Crippen LogP contribution >= 0.6 is 0 Å². The van der Waals surface area contributed by atoms with Crippen LogP contribution in [-0.2, 0) is 6.54 Å². The Balaban J connectivity index is 2.08. The van der Waals surface area contributed by atoms with Gasteiger partial charge in [-0.05, 0) is 41.6 Å². The number of benzene rings is 3. The lowest BCUT2D eigenvalue weighted by atomic mass is 10.0. The van der Waals surface area contributed by atoms with E-state index in [0.717, 1.165) is 27.8 Å². The van der Waals surface area contributed by atoms with Crippen LogP contribution in [0, 0.1) is 6.92 Å². The zero-order valence-electron chi connectivity index (χ0n) is 11.5. The molecular formula is C18H17NO. The second kappa shape index (κ2) is 5.35. The van der Waals surface area contributed by atoms with Gasteiger partial charge in [0.05, 0.1) is 0 Å². The van der Waals surface area contributed by atoms with Gasteiger partial charge in [0.25, 0.3) is 0 Å². The quantitative estimate of drug-likeness (QED) is 0.760. The first-order chi connectivity index (χ1) is 9.78. The molecule has 2 nitrogen and oxygen atoms in total. The number of nitrogens with two attached hydrogens (primary N) is 1. The molecule has 0 heterocycles. The third kappa shape index (κ3) is 2.38. The maximum atomic E-state index is 6.03. The minimum absolute atomic E-state index is 0.533. The predicted molar refractivity (Wildman–Crippen MR) is 83.1 cm³/mol. The van der Waals surface area contributed by atoms with E-state index < -0.39 is 0 Å². The minimum Gasteiger partial charge on any atom is -0.457 e. The molecular weight excluding hydrogens is 246 g/mol. The normalized spacial score (nSPS) is 10.7. The first kappa shape index (κ1) is 12.7. The molecule has 20 heavy (non-hydrogen) atoms. The summed E-state index contributed by atoms with van der Waals surface area (Å²) in [4.78, 5) is 0. The molecule has 0 saturated carbocycles. The molecule has 2 heteroatoms. The Bertz CT molecular complexity index is 749. The summed E-state index contributed by atoms with van der Waals surface area (Å²) in [5.74, 6) is 1.72. The first-order valence-electron chi connectivity index (χ1n) is 6.73. The van der Waals surface area contributed by atoms with E-state index in [0.29, 0.717) is 6.54 Å². The van der Waals surface area contributed by atoms with E-state index in [2.05, 4.69) is 25.1 Å². The fourth-order valence-electron chi connectivity index (χ4n) is 2.41. The van der Waals surface area contributed by atoms with Crippen LogP contribution < -0.4 is 10.5 Å². The lowest BCUT2D eigenvalue weighted by Gasteiger charge is -2.12. The highest BCUT2D eigenvalue weighted by atomic mass is 16.5. The predicted octanol–water partition coefficient (Wildman–Crippen LogP) is 4.40. The van der Waals surface area contributed by atoms with Gasteiger partial charge in [-0.2, -0.15) is 0 Å². The molecule has 0 aliphatic rings. The lowest BCUT2D eigenvalue weighted by Crippen LogP contribution is -1.98. The second-order valence-electron chi connectivity index (χ2n) is 4.89. The summed E-state index contributed by atoms with van der Waals surface area (Å²) in [6.45, 7) is 2.59. The van der Waals surface area contributed by atoms with Crippen molar-refractivity contribution in [1.82, 2.24) is 0 Å². The molecule has 0 saturated heterocycles. The summed E-state index contributed by atoms with van der Waals surface area (Å²) >= 11 is 0. The standard InChI is InChI=1S/C18H17NO/c1-13-5-4-6-15(11-13)20-18-10-9-14(12-19)16-7-2-3-8-17(16)18/h2-11H,12,19H2,1H3. The molecule has 0 aromatic heterocycles. The van der Waals surface area contributed by atoms with Crippen LogP contribution in [0.15, 0.2) is 60.7 Å². The van der Waals surface area contributed by atoms with Gasteiger partial charge in [-0.15, -0.1) is 0 Å². The van der Waals surface area contributed by atoms with Crippen LogP contribution in [-0.4, -0.2) is 0 Å². The molecule has 3 rings (SSSR count). The number of fused-ring (bicyclic) bond motifs is 1. The lowest BCUT2D eigenvalue weighted by molar-refractivity contribution is 0.488. The molecule has 100 valence electrons. The van der Waals surface area contributed by atoms with Crippen LogP contribution in [0.2, 0.25) is 0 Å². The smallest absolute Gasteiger partial charge is 0.135 e. The maximum absolute atomic E-state index is 6.03. The third-order valence-electron chi connectivity index (χ3n) is 3.41. The molecule has 0 aliphatic heterocycles. The van der Waals surface area contributed by atoms with E-state index in [1.165, 1.54) is 5.56 Å². The van der Waals surface area contributed by atoms with Crippen LogP contribution in [0.5, 0.6) is 11.5 Å². The topological polar surface area (TPSA) is 35.2 Å². The molecule has 0 aliphatic carbocycles. The fourth-order valence-corrected chi connectivity index (χ4v) is 2.41. The van der Waals surface area contributed by atoms with Crippen molar-refractivity contribution in [3.63, 3.8) is 0 Å². The van der Waals surface area contributed by atoms with Gasteiger partial charge in [-0.25, -0.2) is 0 Å². The Labute approximate surface area is 118 Å². The van der Waals surface area contributed by atoms with Gasteiger partial charge in [0, 0.05) is 11.9 Å². The number of ether oxygens (including phenoxy) is 1. The molecule has 0 spiro atoms. The van der Waals surface area contributed by atoms with Gasteiger partial charge in [-0.3, -0.25) is 0 Å². The Morgan fingerprint density at radius 3 is 2.45 bits per heavy atom. The first-order valence-corrected chi connectivity index (χ1v) is 6.73. The van der Waals surface area contributed by atoms with Crippen molar-refractivity contribution >= 4 is 10.8 Å². The fraction of sp³-hybridized carbons (Fsp3) is 0.111. The number of hydrogen-bond acceptors (Lipinski definition) is 2. The van der Waals surface area contributed by atoms with Crippen LogP contribution in [0.4, 0.5) is 0 Å². The number of hydrogen-bond donors (Lipinski definition) is 1. The number of aryl methyl sites for hydroxylation is 1. The van der Waals surface area contributed by atoms with Gasteiger partial charge in [0.2, 0.25) is 0 Å². The minimum atomic E-state index is 0.533. The third-order valence-corrected chi connectivity index (χ3v) is 3.41. The Kier molecular flexibility index (Phi) is 3.40. The summed E-state index contributed by atoms with van der Waals surface area (Å²) < 4.78 is 6.03.